The molecule has 0 aliphatic rings. The van der Waals surface area contributed by atoms with Crippen molar-refractivity contribution in [2.45, 2.75) is 6.42 Å². The lowest BCUT2D eigenvalue weighted by atomic mass is 10.0. The van der Waals surface area contributed by atoms with Crippen molar-refractivity contribution in [2.75, 3.05) is 0 Å². The number of nitrogens with zero attached hydrogens (tertiary/aromatic N) is 1. The standard InChI is InChI=1S/C26H18BrFN2O3/c27-24-13-10-18(22-6-1-2-7-23(22)24)15-25(31)30-29-16-17-8-11-21(12-9-17)33-26(32)19-4-3-5-20(28)14-19/h1-14,16H,15H2,(H,30,31). The predicted octanol–water partition coefficient (Wildman–Crippen LogP) is 5.65. The number of carbonyl (C=O) groups is 2. The van der Waals surface area contributed by atoms with Crippen molar-refractivity contribution < 1.29 is 18.7 Å². The van der Waals surface area contributed by atoms with Gasteiger partial charge in [0.15, 0.2) is 0 Å². The van der Waals surface area contributed by atoms with E-state index in [0.717, 1.165) is 26.9 Å². The molecule has 0 aliphatic carbocycles. The van der Waals surface area contributed by atoms with Crippen LogP contribution in [0.2, 0.25) is 0 Å². The molecule has 0 aromatic heterocycles. The summed E-state index contributed by atoms with van der Waals surface area (Å²) in [5.74, 6) is -1.08. The Kier molecular flexibility index (Phi) is 6.90. The monoisotopic (exact) mass is 504 g/mol. The van der Waals surface area contributed by atoms with Gasteiger partial charge in [-0.05, 0) is 70.4 Å². The van der Waals surface area contributed by atoms with E-state index < -0.39 is 11.8 Å². The van der Waals surface area contributed by atoms with Crippen LogP contribution in [0.4, 0.5) is 4.39 Å². The van der Waals surface area contributed by atoms with Gasteiger partial charge in [-0.2, -0.15) is 5.10 Å². The highest BCUT2D eigenvalue weighted by atomic mass is 79.9. The fraction of sp³-hybridized carbons (Fsp3) is 0.0385. The maximum Gasteiger partial charge on any atom is 0.343 e. The first kappa shape index (κ1) is 22.4. The van der Waals surface area contributed by atoms with Crippen LogP contribution in [0, 0.1) is 5.82 Å². The second-order valence-corrected chi connectivity index (χ2v) is 8.05. The zero-order chi connectivity index (χ0) is 23.2. The molecule has 0 spiro atoms. The highest BCUT2D eigenvalue weighted by molar-refractivity contribution is 9.10. The number of rotatable bonds is 6. The number of esters is 1. The molecule has 164 valence electrons. The van der Waals surface area contributed by atoms with E-state index in [1.165, 1.54) is 24.4 Å². The molecule has 0 bridgehead atoms. The molecule has 33 heavy (non-hydrogen) atoms. The first-order valence-corrected chi connectivity index (χ1v) is 10.8. The quantitative estimate of drug-likeness (QED) is 0.159. The molecule has 0 heterocycles. The van der Waals surface area contributed by atoms with Crippen LogP contribution in [-0.4, -0.2) is 18.1 Å². The minimum absolute atomic E-state index is 0.127. The Hall–Kier alpha value is -3.84. The molecular formula is C26H18BrFN2O3. The number of nitrogens with one attached hydrogen (secondary N) is 1. The first-order valence-electron chi connectivity index (χ1n) is 10.1. The molecule has 0 unspecified atom stereocenters. The SMILES string of the molecule is O=C(Cc1ccc(Br)c2ccccc12)NN=Cc1ccc(OC(=O)c2cccc(F)c2)cc1. The first-order chi connectivity index (χ1) is 16.0. The average molecular weight is 505 g/mol. The number of fused-ring (bicyclic) bond motifs is 1. The highest BCUT2D eigenvalue weighted by Crippen LogP contribution is 2.27. The Morgan fingerprint density at radius 2 is 1.70 bits per heavy atom. The predicted molar refractivity (Wildman–Crippen MR) is 129 cm³/mol. The van der Waals surface area contributed by atoms with Gasteiger partial charge in [0, 0.05) is 4.47 Å². The number of hydrogen-bond acceptors (Lipinski definition) is 4. The fourth-order valence-corrected chi connectivity index (χ4v) is 3.75. The van der Waals surface area contributed by atoms with Crippen molar-refractivity contribution in [3.8, 4) is 5.75 Å². The summed E-state index contributed by atoms with van der Waals surface area (Å²) in [4.78, 5) is 24.4. The number of halogens is 2. The van der Waals surface area contributed by atoms with Crippen molar-refractivity contribution in [3.05, 3.63) is 112 Å². The molecule has 4 aromatic carbocycles. The molecule has 0 atom stereocenters. The lowest BCUT2D eigenvalue weighted by Crippen LogP contribution is -2.19. The van der Waals surface area contributed by atoms with E-state index in [9.17, 15) is 14.0 Å². The van der Waals surface area contributed by atoms with Crippen LogP contribution < -0.4 is 10.2 Å². The van der Waals surface area contributed by atoms with Crippen molar-refractivity contribution in [3.63, 3.8) is 0 Å². The topological polar surface area (TPSA) is 67.8 Å². The van der Waals surface area contributed by atoms with E-state index >= 15 is 0 Å². The van der Waals surface area contributed by atoms with Crippen LogP contribution in [0.15, 0.2) is 94.5 Å². The third kappa shape index (κ3) is 5.70. The summed E-state index contributed by atoms with van der Waals surface area (Å²) in [6, 6.07) is 23.6. The number of hydrazone groups is 1. The van der Waals surface area contributed by atoms with Gasteiger partial charge in [0.05, 0.1) is 18.2 Å². The molecule has 4 rings (SSSR count). The molecule has 1 amide bonds. The van der Waals surface area contributed by atoms with Gasteiger partial charge in [0.25, 0.3) is 0 Å². The third-order valence-electron chi connectivity index (χ3n) is 4.87. The summed E-state index contributed by atoms with van der Waals surface area (Å²) < 4.78 is 19.5. The van der Waals surface area contributed by atoms with Crippen molar-refractivity contribution in [1.29, 1.82) is 0 Å². The Bertz CT molecular complexity index is 1350. The Balaban J connectivity index is 1.34. The number of ether oxygens (including phenoxy) is 1. The third-order valence-corrected chi connectivity index (χ3v) is 5.56. The fourth-order valence-electron chi connectivity index (χ4n) is 3.27. The summed E-state index contributed by atoms with van der Waals surface area (Å²) in [6.45, 7) is 0. The van der Waals surface area contributed by atoms with E-state index in [4.69, 9.17) is 4.74 Å². The number of amides is 1. The second-order valence-electron chi connectivity index (χ2n) is 7.19. The zero-order valence-electron chi connectivity index (χ0n) is 17.3. The van der Waals surface area contributed by atoms with Crippen molar-refractivity contribution in [2.24, 2.45) is 5.10 Å². The molecule has 0 radical (unpaired) electrons. The summed E-state index contributed by atoms with van der Waals surface area (Å²) in [7, 11) is 0. The molecular weight excluding hydrogens is 487 g/mol. The van der Waals surface area contributed by atoms with E-state index in [0.29, 0.717) is 11.3 Å². The molecule has 0 saturated heterocycles. The molecule has 0 fully saturated rings. The van der Waals surface area contributed by atoms with E-state index in [-0.39, 0.29) is 17.9 Å². The van der Waals surface area contributed by atoms with Crippen LogP contribution in [0.25, 0.3) is 10.8 Å². The van der Waals surface area contributed by atoms with Gasteiger partial charge in [0.1, 0.15) is 11.6 Å². The minimum atomic E-state index is -0.649. The van der Waals surface area contributed by atoms with Crippen LogP contribution in [0.1, 0.15) is 21.5 Å². The maximum absolute atomic E-state index is 13.2. The van der Waals surface area contributed by atoms with Gasteiger partial charge in [-0.3, -0.25) is 4.79 Å². The van der Waals surface area contributed by atoms with Gasteiger partial charge in [-0.1, -0.05) is 52.3 Å². The normalized spacial score (nSPS) is 11.0. The minimum Gasteiger partial charge on any atom is -0.423 e. The molecule has 1 N–H and O–H groups in total. The summed E-state index contributed by atoms with van der Waals surface area (Å²) in [5.41, 5.74) is 4.27. The summed E-state index contributed by atoms with van der Waals surface area (Å²) >= 11 is 3.53. The number of carbonyl (C=O) groups excluding carboxylic acids is 2. The highest BCUT2D eigenvalue weighted by Gasteiger charge is 2.10. The van der Waals surface area contributed by atoms with E-state index in [2.05, 4.69) is 26.5 Å². The van der Waals surface area contributed by atoms with Gasteiger partial charge < -0.3 is 4.74 Å². The number of hydrogen-bond donors (Lipinski definition) is 1. The maximum atomic E-state index is 13.2. The Labute approximate surface area is 198 Å². The van der Waals surface area contributed by atoms with E-state index in [1.807, 2.05) is 36.4 Å². The second kappa shape index (κ2) is 10.2. The molecule has 4 aromatic rings. The zero-order valence-corrected chi connectivity index (χ0v) is 18.9. The summed E-state index contributed by atoms with van der Waals surface area (Å²) in [6.07, 6.45) is 1.69. The lowest BCUT2D eigenvalue weighted by Gasteiger charge is -2.07. The molecule has 7 heteroatoms. The van der Waals surface area contributed by atoms with Crippen LogP contribution >= 0.6 is 15.9 Å². The Morgan fingerprint density at radius 1 is 0.939 bits per heavy atom. The molecule has 0 aliphatic heterocycles. The largest absolute Gasteiger partial charge is 0.423 e. The van der Waals surface area contributed by atoms with Gasteiger partial charge in [-0.25, -0.2) is 14.6 Å². The van der Waals surface area contributed by atoms with Gasteiger partial charge in [0.2, 0.25) is 5.91 Å². The summed E-state index contributed by atoms with van der Waals surface area (Å²) in [5, 5.41) is 6.05. The van der Waals surface area contributed by atoms with Crippen LogP contribution in [0.5, 0.6) is 5.75 Å². The molecule has 0 saturated carbocycles. The lowest BCUT2D eigenvalue weighted by molar-refractivity contribution is -0.120. The van der Waals surface area contributed by atoms with Crippen molar-refractivity contribution >= 4 is 44.8 Å². The Morgan fingerprint density at radius 3 is 2.45 bits per heavy atom. The van der Waals surface area contributed by atoms with Crippen LogP contribution in [-0.2, 0) is 11.2 Å². The van der Waals surface area contributed by atoms with Gasteiger partial charge >= 0.3 is 5.97 Å². The van der Waals surface area contributed by atoms with Gasteiger partial charge in [-0.15, -0.1) is 0 Å². The smallest absolute Gasteiger partial charge is 0.343 e. The average Bonchev–Trinajstić information content (AvgIpc) is 2.82. The van der Waals surface area contributed by atoms with Crippen LogP contribution in [0.3, 0.4) is 0 Å². The molecule has 5 nitrogen and oxygen atoms in total. The van der Waals surface area contributed by atoms with Crippen molar-refractivity contribution in [1.82, 2.24) is 5.43 Å². The number of benzene rings is 4. The van der Waals surface area contributed by atoms with E-state index in [1.54, 1.807) is 24.3 Å².